The molecule has 0 unspecified atom stereocenters. The van der Waals surface area contributed by atoms with Gasteiger partial charge in [-0.05, 0) is 12.8 Å². The third-order valence-corrected chi connectivity index (χ3v) is 0.927. The van der Waals surface area contributed by atoms with Gasteiger partial charge in [0.25, 0.3) is 0 Å². The Kier molecular flexibility index (Phi) is 2.63. The minimum absolute atomic E-state index is 0.0185. The molecule has 1 fully saturated rings. The summed E-state index contributed by atoms with van der Waals surface area (Å²) in [4.78, 5) is 9.76. The topological polar surface area (TPSA) is 61.1 Å². The van der Waals surface area contributed by atoms with Crippen LogP contribution < -0.4 is 0 Å². The summed E-state index contributed by atoms with van der Waals surface area (Å²) < 4.78 is 0. The highest BCUT2D eigenvalue weighted by atomic mass is 16.4. The van der Waals surface area contributed by atoms with Gasteiger partial charge in [-0.1, -0.05) is 0 Å². The van der Waals surface area contributed by atoms with Crippen molar-refractivity contribution in [3.05, 3.63) is 0 Å². The SMILES string of the molecule is C#N.O=C(O)C1CC1. The second-order valence-electron chi connectivity index (χ2n) is 1.61. The smallest absolute Gasteiger partial charge is 0.306 e. The van der Waals surface area contributed by atoms with E-state index in [4.69, 9.17) is 10.4 Å². The second-order valence-corrected chi connectivity index (χ2v) is 1.61. The predicted octanol–water partition coefficient (Wildman–Crippen LogP) is 0.621. The molecular formula is C5H7NO2. The van der Waals surface area contributed by atoms with Crippen molar-refractivity contribution >= 4 is 5.97 Å². The fraction of sp³-hybridized carbons (Fsp3) is 0.600. The first-order chi connectivity index (χ1) is 3.80. The zero-order chi connectivity index (χ0) is 6.57. The van der Waals surface area contributed by atoms with Crippen LogP contribution in [0.4, 0.5) is 0 Å². The molecule has 0 aromatic heterocycles. The second kappa shape index (κ2) is 3.03. The molecule has 0 aromatic carbocycles. The van der Waals surface area contributed by atoms with Crippen molar-refractivity contribution in [1.29, 1.82) is 5.26 Å². The van der Waals surface area contributed by atoms with Gasteiger partial charge in [-0.15, -0.1) is 0 Å². The van der Waals surface area contributed by atoms with Gasteiger partial charge in [0.05, 0.1) is 5.92 Å². The molecule has 1 aliphatic rings. The molecule has 1 N–H and O–H groups in total. The zero-order valence-corrected chi connectivity index (χ0v) is 4.37. The first-order valence-electron chi connectivity index (χ1n) is 2.29. The predicted molar refractivity (Wildman–Crippen MR) is 27.0 cm³/mol. The molecule has 0 bridgehead atoms. The highest BCUT2D eigenvalue weighted by Crippen LogP contribution is 2.28. The van der Waals surface area contributed by atoms with Crippen LogP contribution in [0.2, 0.25) is 0 Å². The van der Waals surface area contributed by atoms with E-state index in [2.05, 4.69) is 6.57 Å². The molecule has 3 nitrogen and oxygen atoms in total. The van der Waals surface area contributed by atoms with E-state index >= 15 is 0 Å². The average molecular weight is 113 g/mol. The van der Waals surface area contributed by atoms with E-state index in [0.717, 1.165) is 12.8 Å². The number of aliphatic carboxylic acids is 1. The van der Waals surface area contributed by atoms with Gasteiger partial charge in [0.2, 0.25) is 0 Å². The summed E-state index contributed by atoms with van der Waals surface area (Å²) in [6, 6.07) is 0. The van der Waals surface area contributed by atoms with Crippen LogP contribution in [0.3, 0.4) is 0 Å². The molecule has 3 heteroatoms. The van der Waals surface area contributed by atoms with Gasteiger partial charge in [-0.25, -0.2) is 5.26 Å². The van der Waals surface area contributed by atoms with Crippen molar-refractivity contribution < 1.29 is 9.90 Å². The molecule has 0 heterocycles. The minimum atomic E-state index is -0.630. The van der Waals surface area contributed by atoms with Crippen molar-refractivity contribution in [2.24, 2.45) is 5.92 Å². The molecule has 0 spiro atoms. The van der Waals surface area contributed by atoms with Crippen molar-refractivity contribution in [3.63, 3.8) is 0 Å². The Morgan fingerprint density at radius 2 is 2.00 bits per heavy atom. The average Bonchev–Trinajstić information content (AvgIpc) is 2.50. The maximum absolute atomic E-state index is 9.76. The van der Waals surface area contributed by atoms with Crippen molar-refractivity contribution in [2.45, 2.75) is 12.8 Å². The molecule has 0 saturated heterocycles. The largest absolute Gasteiger partial charge is 0.481 e. The molecule has 1 aliphatic carbocycles. The highest BCUT2D eigenvalue weighted by molar-refractivity contribution is 5.72. The van der Waals surface area contributed by atoms with Crippen LogP contribution in [0.15, 0.2) is 0 Å². The van der Waals surface area contributed by atoms with Crippen molar-refractivity contribution in [3.8, 4) is 6.57 Å². The number of carboxylic acids is 1. The number of hydrogen-bond acceptors (Lipinski definition) is 2. The standard InChI is InChI=1S/C4H6O2.CHN/c5-4(6)3-1-2-3;1-2/h3H,1-2H2,(H,5,6);1H. The maximum atomic E-state index is 9.76. The fourth-order valence-corrected chi connectivity index (χ4v) is 0.330. The third-order valence-electron chi connectivity index (χ3n) is 0.927. The summed E-state index contributed by atoms with van der Waals surface area (Å²) in [7, 11) is 0. The van der Waals surface area contributed by atoms with Crippen LogP contribution >= 0.6 is 0 Å². The molecule has 8 heavy (non-hydrogen) atoms. The molecule has 0 atom stereocenters. The molecule has 44 valence electrons. The first-order valence-corrected chi connectivity index (χ1v) is 2.29. The number of carboxylic acid groups (broad SMARTS) is 1. The lowest BCUT2D eigenvalue weighted by molar-refractivity contribution is -0.138. The number of rotatable bonds is 1. The third kappa shape index (κ3) is 2.19. The normalized spacial score (nSPS) is 15.8. The van der Waals surface area contributed by atoms with Crippen LogP contribution in [-0.4, -0.2) is 11.1 Å². The quantitative estimate of drug-likeness (QED) is 0.542. The zero-order valence-electron chi connectivity index (χ0n) is 4.37. The van der Waals surface area contributed by atoms with Gasteiger partial charge in [0.15, 0.2) is 0 Å². The Labute approximate surface area is 47.5 Å². The Balaban J connectivity index is 0.000000222. The Hall–Kier alpha value is -1.04. The van der Waals surface area contributed by atoms with Crippen LogP contribution in [-0.2, 0) is 4.79 Å². The van der Waals surface area contributed by atoms with Crippen LogP contribution in [0.25, 0.3) is 0 Å². The lowest BCUT2D eigenvalue weighted by atomic mass is 10.5. The summed E-state index contributed by atoms with van der Waals surface area (Å²) in [5.74, 6) is -0.611. The monoisotopic (exact) mass is 113 g/mol. The van der Waals surface area contributed by atoms with Gasteiger partial charge >= 0.3 is 5.97 Å². The lowest BCUT2D eigenvalue weighted by Crippen LogP contribution is -1.94. The Bertz CT molecular complexity index is 104. The fourth-order valence-electron chi connectivity index (χ4n) is 0.330. The van der Waals surface area contributed by atoms with Crippen LogP contribution in [0.1, 0.15) is 12.8 Å². The molecule has 1 saturated carbocycles. The summed E-state index contributed by atoms with van der Waals surface area (Å²) >= 11 is 0. The summed E-state index contributed by atoms with van der Waals surface area (Å²) in [5, 5.41) is 14.6. The van der Waals surface area contributed by atoms with E-state index in [1.54, 1.807) is 0 Å². The van der Waals surface area contributed by atoms with Gasteiger partial charge in [-0.3, -0.25) is 4.79 Å². The molecule has 1 rings (SSSR count). The summed E-state index contributed by atoms with van der Waals surface area (Å²) in [5.41, 5.74) is 0. The van der Waals surface area contributed by atoms with E-state index < -0.39 is 5.97 Å². The van der Waals surface area contributed by atoms with Gasteiger partial charge in [0.1, 0.15) is 0 Å². The van der Waals surface area contributed by atoms with Crippen LogP contribution in [0, 0.1) is 17.8 Å². The van der Waals surface area contributed by atoms with Gasteiger partial charge in [-0.2, -0.15) is 0 Å². The molecular weight excluding hydrogens is 106 g/mol. The number of carbonyl (C=O) groups is 1. The van der Waals surface area contributed by atoms with E-state index in [1.807, 2.05) is 0 Å². The van der Waals surface area contributed by atoms with Gasteiger partial charge < -0.3 is 5.11 Å². The molecule has 0 radical (unpaired) electrons. The Morgan fingerprint density at radius 1 is 1.62 bits per heavy atom. The maximum Gasteiger partial charge on any atom is 0.306 e. The molecule has 0 amide bonds. The summed E-state index contributed by atoms with van der Waals surface area (Å²) in [6.45, 7) is 3.50. The van der Waals surface area contributed by atoms with E-state index in [-0.39, 0.29) is 5.92 Å². The number of nitrogens with zero attached hydrogens (tertiary/aromatic N) is 1. The molecule has 0 aromatic rings. The van der Waals surface area contributed by atoms with Crippen molar-refractivity contribution in [2.75, 3.05) is 0 Å². The summed E-state index contributed by atoms with van der Waals surface area (Å²) in [6.07, 6.45) is 1.80. The van der Waals surface area contributed by atoms with Gasteiger partial charge in [0, 0.05) is 6.57 Å². The minimum Gasteiger partial charge on any atom is -0.481 e. The number of hydrogen-bond donors (Lipinski definition) is 1. The first kappa shape index (κ1) is 6.96. The van der Waals surface area contributed by atoms with E-state index in [1.165, 1.54) is 0 Å². The van der Waals surface area contributed by atoms with E-state index in [9.17, 15) is 4.79 Å². The molecule has 0 aliphatic heterocycles. The highest BCUT2D eigenvalue weighted by Gasteiger charge is 2.28. The van der Waals surface area contributed by atoms with Crippen molar-refractivity contribution in [1.82, 2.24) is 0 Å². The van der Waals surface area contributed by atoms with Crippen LogP contribution in [0.5, 0.6) is 0 Å². The lowest BCUT2D eigenvalue weighted by Gasteiger charge is -1.75. The van der Waals surface area contributed by atoms with E-state index in [0.29, 0.717) is 0 Å². The Morgan fingerprint density at radius 3 is 2.00 bits per heavy atom. The number of nitriles is 1.